The van der Waals surface area contributed by atoms with E-state index in [1.807, 2.05) is 20.9 Å². The molecule has 2 aromatic rings. The first kappa shape index (κ1) is 17.6. The van der Waals surface area contributed by atoms with Crippen molar-refractivity contribution in [1.82, 2.24) is 14.5 Å². The molecular weight excluding hydrogens is 338 g/mol. The van der Waals surface area contributed by atoms with Crippen LogP contribution in [0, 0.1) is 13.8 Å². The third-order valence-electron chi connectivity index (χ3n) is 3.55. The number of aliphatic carboxylic acids is 1. The summed E-state index contributed by atoms with van der Waals surface area (Å²) < 4.78 is 28.9. The van der Waals surface area contributed by atoms with Crippen LogP contribution < -0.4 is 4.72 Å². The van der Waals surface area contributed by atoms with Crippen molar-refractivity contribution in [2.75, 3.05) is 6.54 Å². The fraction of sp³-hybridized carbons (Fsp3) is 0.429. The molecule has 0 bridgehead atoms. The third-order valence-corrected chi connectivity index (χ3v) is 6.59. The molecule has 0 saturated heterocycles. The Hall–Kier alpha value is -1.71. The normalized spacial score (nSPS) is 11.8. The molecule has 0 aliphatic heterocycles. The van der Waals surface area contributed by atoms with E-state index in [0.717, 1.165) is 28.3 Å². The smallest absolute Gasteiger partial charge is 0.308 e. The fourth-order valence-electron chi connectivity index (χ4n) is 2.31. The van der Waals surface area contributed by atoms with Gasteiger partial charge in [0.15, 0.2) is 0 Å². The minimum Gasteiger partial charge on any atom is -0.481 e. The molecule has 2 N–H and O–H groups in total. The highest BCUT2D eigenvalue weighted by Crippen LogP contribution is 2.22. The van der Waals surface area contributed by atoms with Gasteiger partial charge >= 0.3 is 5.97 Å². The van der Waals surface area contributed by atoms with Crippen LogP contribution in [0.1, 0.15) is 21.8 Å². The predicted octanol–water partition coefficient (Wildman–Crippen LogP) is 1.25. The van der Waals surface area contributed by atoms with E-state index in [0.29, 0.717) is 11.3 Å². The zero-order valence-electron chi connectivity index (χ0n) is 13.2. The van der Waals surface area contributed by atoms with Crippen LogP contribution >= 0.6 is 11.3 Å². The van der Waals surface area contributed by atoms with E-state index in [4.69, 9.17) is 5.11 Å². The number of thiophene rings is 1. The molecule has 0 aromatic carbocycles. The van der Waals surface area contributed by atoms with Gasteiger partial charge in [0.05, 0.1) is 12.1 Å². The summed E-state index contributed by atoms with van der Waals surface area (Å²) in [5, 5.41) is 13.0. The lowest BCUT2D eigenvalue weighted by Crippen LogP contribution is -2.25. The van der Waals surface area contributed by atoms with Crippen molar-refractivity contribution < 1.29 is 18.3 Å². The van der Waals surface area contributed by atoms with Crippen molar-refractivity contribution in [3.63, 3.8) is 0 Å². The molecule has 0 aliphatic carbocycles. The van der Waals surface area contributed by atoms with Crippen molar-refractivity contribution in [3.05, 3.63) is 34.0 Å². The van der Waals surface area contributed by atoms with Gasteiger partial charge in [-0.25, -0.2) is 13.1 Å². The number of aromatic nitrogens is 2. The summed E-state index contributed by atoms with van der Waals surface area (Å²) in [5.41, 5.74) is 2.94. The molecule has 7 nitrogen and oxygen atoms in total. The Morgan fingerprint density at radius 3 is 2.65 bits per heavy atom. The molecular formula is C14H19N3O4S2. The average Bonchev–Trinajstić information content (AvgIpc) is 2.99. The van der Waals surface area contributed by atoms with E-state index >= 15 is 0 Å². The summed E-state index contributed by atoms with van der Waals surface area (Å²) in [6, 6.07) is 2.97. The lowest BCUT2D eigenvalue weighted by atomic mass is 10.1. The van der Waals surface area contributed by atoms with Crippen LogP contribution in [0.4, 0.5) is 0 Å². The molecule has 0 atom stereocenters. The number of nitrogens with zero attached hydrogens (tertiary/aromatic N) is 2. The Balaban J connectivity index is 2.01. The molecule has 23 heavy (non-hydrogen) atoms. The largest absolute Gasteiger partial charge is 0.481 e. The van der Waals surface area contributed by atoms with Crippen molar-refractivity contribution in [3.8, 4) is 0 Å². The van der Waals surface area contributed by atoms with Crippen LogP contribution in [0.15, 0.2) is 16.3 Å². The SMILES string of the molecule is Cc1nn(C)c(C)c1CCNS(=O)(=O)c1ccc(CC(=O)O)s1. The minimum absolute atomic E-state index is 0.133. The number of aryl methyl sites for hydroxylation is 2. The standard InChI is InChI=1S/C14H19N3O4S2/c1-9-12(10(2)17(3)16-9)6-7-15-23(20,21)14-5-4-11(22-14)8-13(18)19/h4-5,15H,6-8H2,1-3H3,(H,18,19). The Morgan fingerprint density at radius 2 is 2.09 bits per heavy atom. The van der Waals surface area contributed by atoms with Crippen molar-refractivity contribution in [2.24, 2.45) is 7.05 Å². The van der Waals surface area contributed by atoms with Gasteiger partial charge in [0, 0.05) is 24.2 Å². The number of hydrogen-bond acceptors (Lipinski definition) is 5. The van der Waals surface area contributed by atoms with Crippen LogP contribution in [-0.4, -0.2) is 35.8 Å². The average molecular weight is 357 g/mol. The summed E-state index contributed by atoms with van der Waals surface area (Å²) in [4.78, 5) is 11.2. The number of carboxylic acids is 1. The van der Waals surface area contributed by atoms with Gasteiger partial charge in [-0.3, -0.25) is 9.48 Å². The van der Waals surface area contributed by atoms with E-state index < -0.39 is 16.0 Å². The summed E-state index contributed by atoms with van der Waals surface area (Å²) >= 11 is 0.977. The number of carbonyl (C=O) groups is 1. The van der Waals surface area contributed by atoms with E-state index in [-0.39, 0.29) is 17.2 Å². The van der Waals surface area contributed by atoms with Gasteiger partial charge in [-0.05, 0) is 38.0 Å². The molecule has 0 unspecified atom stereocenters. The van der Waals surface area contributed by atoms with Gasteiger partial charge in [0.1, 0.15) is 4.21 Å². The third kappa shape index (κ3) is 4.18. The van der Waals surface area contributed by atoms with Crippen LogP contribution in [0.25, 0.3) is 0 Å². The highest BCUT2D eigenvalue weighted by molar-refractivity contribution is 7.91. The molecule has 126 valence electrons. The number of hydrogen-bond donors (Lipinski definition) is 2. The summed E-state index contributed by atoms with van der Waals surface area (Å²) in [6.45, 7) is 4.11. The Labute approximate surface area is 139 Å². The lowest BCUT2D eigenvalue weighted by molar-refractivity contribution is -0.136. The van der Waals surface area contributed by atoms with E-state index in [2.05, 4.69) is 9.82 Å². The highest BCUT2D eigenvalue weighted by Gasteiger charge is 2.18. The minimum atomic E-state index is -3.62. The quantitative estimate of drug-likeness (QED) is 0.776. The topological polar surface area (TPSA) is 101 Å². The second-order valence-electron chi connectivity index (χ2n) is 5.21. The molecule has 0 fully saturated rings. The second kappa shape index (κ2) is 6.81. The Kier molecular flexibility index (Phi) is 5.23. The van der Waals surface area contributed by atoms with Gasteiger partial charge < -0.3 is 5.11 Å². The highest BCUT2D eigenvalue weighted by atomic mass is 32.2. The van der Waals surface area contributed by atoms with Gasteiger partial charge in [-0.15, -0.1) is 11.3 Å². The molecule has 9 heteroatoms. The maximum absolute atomic E-state index is 12.2. The molecule has 0 saturated carbocycles. The number of sulfonamides is 1. The fourth-order valence-corrected chi connectivity index (χ4v) is 4.73. The lowest BCUT2D eigenvalue weighted by Gasteiger charge is -2.05. The van der Waals surface area contributed by atoms with E-state index in [1.54, 1.807) is 4.68 Å². The van der Waals surface area contributed by atoms with Gasteiger partial charge in [-0.2, -0.15) is 5.10 Å². The van der Waals surface area contributed by atoms with Crippen LogP contribution in [0.3, 0.4) is 0 Å². The first-order chi connectivity index (χ1) is 10.7. The first-order valence-corrected chi connectivity index (χ1v) is 9.30. The first-order valence-electron chi connectivity index (χ1n) is 7.00. The molecule has 0 radical (unpaired) electrons. The maximum Gasteiger partial charge on any atom is 0.308 e. The Bertz CT molecular complexity index is 821. The maximum atomic E-state index is 12.2. The number of nitrogens with one attached hydrogen (secondary N) is 1. The summed E-state index contributed by atoms with van der Waals surface area (Å²) in [6.07, 6.45) is 0.381. The summed E-state index contributed by atoms with van der Waals surface area (Å²) in [5.74, 6) is -0.980. The van der Waals surface area contributed by atoms with E-state index in [1.165, 1.54) is 12.1 Å². The predicted molar refractivity (Wildman–Crippen MR) is 87.2 cm³/mol. The van der Waals surface area contributed by atoms with Gasteiger partial charge in [0.2, 0.25) is 10.0 Å². The molecule has 0 amide bonds. The second-order valence-corrected chi connectivity index (χ2v) is 8.37. The van der Waals surface area contributed by atoms with Crippen LogP contribution in [-0.2, 0) is 34.7 Å². The van der Waals surface area contributed by atoms with Crippen molar-refractivity contribution >= 4 is 27.3 Å². The monoisotopic (exact) mass is 357 g/mol. The zero-order valence-corrected chi connectivity index (χ0v) is 14.8. The van der Waals surface area contributed by atoms with Gasteiger partial charge in [0.25, 0.3) is 0 Å². The number of carboxylic acid groups (broad SMARTS) is 1. The molecule has 0 spiro atoms. The summed E-state index contributed by atoms with van der Waals surface area (Å²) in [7, 11) is -1.76. The van der Waals surface area contributed by atoms with Gasteiger partial charge in [-0.1, -0.05) is 0 Å². The van der Waals surface area contributed by atoms with Crippen molar-refractivity contribution in [2.45, 2.75) is 30.9 Å². The van der Waals surface area contributed by atoms with Crippen LogP contribution in [0.2, 0.25) is 0 Å². The molecule has 2 heterocycles. The molecule has 0 aliphatic rings. The van der Waals surface area contributed by atoms with Crippen molar-refractivity contribution in [1.29, 1.82) is 0 Å². The molecule has 2 rings (SSSR count). The molecule has 2 aromatic heterocycles. The zero-order chi connectivity index (χ0) is 17.2. The number of rotatable bonds is 7. The Morgan fingerprint density at radius 1 is 1.39 bits per heavy atom. The van der Waals surface area contributed by atoms with E-state index in [9.17, 15) is 13.2 Å². The van der Waals surface area contributed by atoms with Crippen LogP contribution in [0.5, 0.6) is 0 Å².